The molecule has 114 valence electrons. The number of hydrogen-bond donors (Lipinski definition) is 2. The van der Waals surface area contributed by atoms with Crippen molar-refractivity contribution < 1.29 is 9.59 Å². The molecular weight excluding hydrogens is 268 g/mol. The number of hydrogen-bond acceptors (Lipinski definition) is 3. The summed E-state index contributed by atoms with van der Waals surface area (Å²) in [6.07, 6.45) is 0.343. The van der Waals surface area contributed by atoms with E-state index in [1.54, 1.807) is 4.90 Å². The van der Waals surface area contributed by atoms with Gasteiger partial charge < -0.3 is 20.4 Å². The molecule has 1 aromatic carbocycles. The fourth-order valence-electron chi connectivity index (χ4n) is 2.29. The first-order valence-electron chi connectivity index (χ1n) is 7.11. The molecule has 1 atom stereocenters. The van der Waals surface area contributed by atoms with Gasteiger partial charge in [0.05, 0.1) is 6.04 Å². The highest BCUT2D eigenvalue weighted by molar-refractivity contribution is 5.96. The van der Waals surface area contributed by atoms with E-state index in [0.717, 1.165) is 12.2 Å². The SMILES string of the molecule is CN(C)CCNC(=O)NC1CC(=O)N(c2ccccc2)C1. The van der Waals surface area contributed by atoms with Crippen LogP contribution < -0.4 is 15.5 Å². The van der Waals surface area contributed by atoms with E-state index in [1.807, 2.05) is 49.3 Å². The highest BCUT2D eigenvalue weighted by Gasteiger charge is 2.31. The maximum Gasteiger partial charge on any atom is 0.315 e. The van der Waals surface area contributed by atoms with E-state index < -0.39 is 0 Å². The van der Waals surface area contributed by atoms with Crippen molar-refractivity contribution in [2.45, 2.75) is 12.5 Å². The van der Waals surface area contributed by atoms with Gasteiger partial charge in [-0.2, -0.15) is 0 Å². The van der Waals surface area contributed by atoms with Crippen LogP contribution in [0.15, 0.2) is 30.3 Å². The number of benzene rings is 1. The Bertz CT molecular complexity index is 490. The summed E-state index contributed by atoms with van der Waals surface area (Å²) in [5.74, 6) is 0.0415. The van der Waals surface area contributed by atoms with Crippen molar-refractivity contribution in [1.82, 2.24) is 15.5 Å². The van der Waals surface area contributed by atoms with Gasteiger partial charge in [0, 0.05) is 31.7 Å². The van der Waals surface area contributed by atoms with E-state index in [4.69, 9.17) is 0 Å². The van der Waals surface area contributed by atoms with Gasteiger partial charge in [-0.1, -0.05) is 18.2 Å². The number of nitrogens with zero attached hydrogens (tertiary/aromatic N) is 2. The molecule has 1 aromatic rings. The molecule has 1 aliphatic rings. The van der Waals surface area contributed by atoms with Crippen LogP contribution in [-0.4, -0.2) is 56.6 Å². The fraction of sp³-hybridized carbons (Fsp3) is 0.467. The molecule has 3 amide bonds. The molecule has 0 saturated carbocycles. The van der Waals surface area contributed by atoms with Gasteiger partial charge >= 0.3 is 6.03 Å². The van der Waals surface area contributed by atoms with E-state index >= 15 is 0 Å². The molecule has 1 unspecified atom stereocenters. The molecular formula is C15H22N4O2. The Morgan fingerprint density at radius 3 is 2.71 bits per heavy atom. The lowest BCUT2D eigenvalue weighted by Gasteiger charge is -2.17. The van der Waals surface area contributed by atoms with Crippen LogP contribution in [0, 0.1) is 0 Å². The number of anilines is 1. The van der Waals surface area contributed by atoms with Gasteiger partial charge in [-0.05, 0) is 26.2 Å². The zero-order valence-corrected chi connectivity index (χ0v) is 12.5. The third-order valence-electron chi connectivity index (χ3n) is 3.37. The van der Waals surface area contributed by atoms with Crippen molar-refractivity contribution >= 4 is 17.6 Å². The minimum absolute atomic E-state index is 0.0415. The Labute approximate surface area is 125 Å². The Balaban J connectivity index is 1.81. The van der Waals surface area contributed by atoms with Crippen LogP contribution in [-0.2, 0) is 4.79 Å². The van der Waals surface area contributed by atoms with Crippen LogP contribution in [0.3, 0.4) is 0 Å². The van der Waals surface area contributed by atoms with Crippen molar-refractivity contribution in [2.24, 2.45) is 0 Å². The summed E-state index contributed by atoms with van der Waals surface area (Å²) in [6.45, 7) is 1.89. The van der Waals surface area contributed by atoms with E-state index in [-0.39, 0.29) is 18.0 Å². The second-order valence-corrected chi connectivity index (χ2v) is 5.44. The average Bonchev–Trinajstić information content (AvgIpc) is 2.80. The van der Waals surface area contributed by atoms with E-state index in [1.165, 1.54) is 0 Å². The molecule has 6 nitrogen and oxygen atoms in total. The first kappa shape index (κ1) is 15.3. The molecule has 0 aromatic heterocycles. The molecule has 0 radical (unpaired) electrons. The highest BCUT2D eigenvalue weighted by atomic mass is 16.2. The molecule has 0 spiro atoms. The number of amides is 3. The molecule has 1 saturated heterocycles. The quantitative estimate of drug-likeness (QED) is 0.837. The van der Waals surface area contributed by atoms with Crippen LogP contribution >= 0.6 is 0 Å². The summed E-state index contributed by atoms with van der Waals surface area (Å²) in [5, 5.41) is 5.64. The minimum atomic E-state index is -0.218. The number of rotatable bonds is 5. The third kappa shape index (κ3) is 4.46. The summed E-state index contributed by atoms with van der Waals surface area (Å²) in [4.78, 5) is 27.5. The van der Waals surface area contributed by atoms with Crippen molar-refractivity contribution in [1.29, 1.82) is 0 Å². The number of carbonyl (C=O) groups is 2. The molecule has 0 aliphatic carbocycles. The van der Waals surface area contributed by atoms with Gasteiger partial charge in [0.1, 0.15) is 0 Å². The highest BCUT2D eigenvalue weighted by Crippen LogP contribution is 2.20. The lowest BCUT2D eigenvalue weighted by Crippen LogP contribution is -2.45. The topological polar surface area (TPSA) is 64.7 Å². The van der Waals surface area contributed by atoms with Gasteiger partial charge in [-0.25, -0.2) is 4.79 Å². The van der Waals surface area contributed by atoms with Crippen LogP contribution in [0.2, 0.25) is 0 Å². The normalized spacial score (nSPS) is 18.1. The molecule has 6 heteroatoms. The lowest BCUT2D eigenvalue weighted by molar-refractivity contribution is -0.117. The first-order valence-corrected chi connectivity index (χ1v) is 7.11. The Hall–Kier alpha value is -2.08. The Kier molecular flexibility index (Phi) is 5.16. The summed E-state index contributed by atoms with van der Waals surface area (Å²) in [7, 11) is 3.90. The second-order valence-electron chi connectivity index (χ2n) is 5.44. The maximum atomic E-state index is 12.0. The van der Waals surface area contributed by atoms with Crippen molar-refractivity contribution in [3.63, 3.8) is 0 Å². The maximum absolute atomic E-state index is 12.0. The predicted molar refractivity (Wildman–Crippen MR) is 82.3 cm³/mol. The van der Waals surface area contributed by atoms with Crippen LogP contribution in [0.1, 0.15) is 6.42 Å². The standard InChI is InChI=1S/C15H22N4O2/c1-18(2)9-8-16-15(21)17-12-10-14(20)19(11-12)13-6-4-3-5-7-13/h3-7,12H,8-11H2,1-2H3,(H2,16,17,21). The van der Waals surface area contributed by atoms with Crippen molar-refractivity contribution in [3.05, 3.63) is 30.3 Å². The van der Waals surface area contributed by atoms with Gasteiger partial charge in [-0.3, -0.25) is 4.79 Å². The minimum Gasteiger partial charge on any atom is -0.337 e. The number of likely N-dealkylation sites (N-methyl/N-ethyl adjacent to an activating group) is 1. The number of para-hydroxylation sites is 1. The van der Waals surface area contributed by atoms with Crippen LogP contribution in [0.25, 0.3) is 0 Å². The molecule has 2 rings (SSSR count). The van der Waals surface area contributed by atoms with Crippen LogP contribution in [0.5, 0.6) is 0 Å². The zero-order chi connectivity index (χ0) is 15.2. The van der Waals surface area contributed by atoms with E-state index in [2.05, 4.69) is 10.6 Å². The zero-order valence-electron chi connectivity index (χ0n) is 12.5. The summed E-state index contributed by atoms with van der Waals surface area (Å²) >= 11 is 0. The van der Waals surface area contributed by atoms with Gasteiger partial charge in [0.2, 0.25) is 5.91 Å². The Morgan fingerprint density at radius 1 is 1.33 bits per heavy atom. The smallest absolute Gasteiger partial charge is 0.315 e. The molecule has 1 heterocycles. The molecule has 1 fully saturated rings. The monoisotopic (exact) mass is 290 g/mol. The molecule has 1 aliphatic heterocycles. The summed E-state index contributed by atoms with van der Waals surface area (Å²) in [6, 6.07) is 9.16. The molecule has 21 heavy (non-hydrogen) atoms. The number of carbonyl (C=O) groups excluding carboxylic acids is 2. The average molecular weight is 290 g/mol. The van der Waals surface area contributed by atoms with Crippen molar-refractivity contribution in [3.8, 4) is 0 Å². The van der Waals surface area contributed by atoms with E-state index in [9.17, 15) is 9.59 Å². The number of nitrogens with one attached hydrogen (secondary N) is 2. The lowest BCUT2D eigenvalue weighted by atomic mass is 10.2. The van der Waals surface area contributed by atoms with Crippen LogP contribution in [0.4, 0.5) is 10.5 Å². The van der Waals surface area contributed by atoms with Gasteiger partial charge in [-0.15, -0.1) is 0 Å². The Morgan fingerprint density at radius 2 is 2.05 bits per heavy atom. The largest absolute Gasteiger partial charge is 0.337 e. The third-order valence-corrected chi connectivity index (χ3v) is 3.37. The predicted octanol–water partition coefficient (Wildman–Crippen LogP) is 0.653. The fourth-order valence-corrected chi connectivity index (χ4v) is 2.29. The van der Waals surface area contributed by atoms with E-state index in [0.29, 0.717) is 19.5 Å². The molecule has 2 N–H and O–H groups in total. The van der Waals surface area contributed by atoms with Gasteiger partial charge in [0.25, 0.3) is 0 Å². The van der Waals surface area contributed by atoms with Crippen molar-refractivity contribution in [2.75, 3.05) is 38.6 Å². The summed E-state index contributed by atoms with van der Waals surface area (Å²) < 4.78 is 0. The number of urea groups is 1. The van der Waals surface area contributed by atoms with Gasteiger partial charge in [0.15, 0.2) is 0 Å². The second kappa shape index (κ2) is 7.08. The first-order chi connectivity index (χ1) is 10.1. The molecule has 0 bridgehead atoms. The summed E-state index contributed by atoms with van der Waals surface area (Å²) in [5.41, 5.74) is 0.875.